The maximum absolute atomic E-state index is 13.3. The standard InChI is InChI=1S/C27H21BrCl2N2O5/c1-14-5-4-6-22(15(14)2)32-26(34)18(25(33)31-27(32)35)9-17-10-19(28)24(23(12-17)36-3)37-13-16-7-8-20(29)21(30)11-16/h4-12H,13H2,1-3H3,(H,31,33,35)/b18-9+. The number of halogens is 3. The molecule has 0 atom stereocenters. The topological polar surface area (TPSA) is 84.9 Å². The number of hydrogen-bond donors (Lipinski definition) is 1. The second kappa shape index (κ2) is 11.0. The summed E-state index contributed by atoms with van der Waals surface area (Å²) in [6, 6.07) is 13.0. The molecule has 1 fully saturated rings. The van der Waals surface area contributed by atoms with Crippen LogP contribution in [0.15, 0.2) is 58.6 Å². The second-order valence-electron chi connectivity index (χ2n) is 8.25. The number of nitrogens with zero attached hydrogens (tertiary/aromatic N) is 1. The third-order valence-corrected chi connectivity index (χ3v) is 7.18. The van der Waals surface area contributed by atoms with Gasteiger partial charge < -0.3 is 9.47 Å². The van der Waals surface area contributed by atoms with Crippen LogP contribution >= 0.6 is 39.1 Å². The molecule has 1 aliphatic rings. The Morgan fingerprint density at radius 3 is 2.49 bits per heavy atom. The molecule has 1 aliphatic heterocycles. The fourth-order valence-corrected chi connectivity index (χ4v) is 4.66. The molecular formula is C27H21BrCl2N2O5. The number of imide groups is 2. The maximum Gasteiger partial charge on any atom is 0.335 e. The van der Waals surface area contributed by atoms with Gasteiger partial charge in [0.2, 0.25) is 0 Å². The molecule has 37 heavy (non-hydrogen) atoms. The fourth-order valence-electron chi connectivity index (χ4n) is 3.77. The lowest BCUT2D eigenvalue weighted by atomic mass is 10.0. The number of aryl methyl sites for hydroxylation is 1. The number of methoxy groups -OCH3 is 1. The van der Waals surface area contributed by atoms with Crippen LogP contribution in [0.5, 0.6) is 11.5 Å². The lowest BCUT2D eigenvalue weighted by molar-refractivity contribution is -0.122. The Hall–Kier alpha value is -3.33. The number of amides is 4. The van der Waals surface area contributed by atoms with Crippen molar-refractivity contribution in [2.24, 2.45) is 0 Å². The van der Waals surface area contributed by atoms with Crippen molar-refractivity contribution in [3.63, 3.8) is 0 Å². The van der Waals surface area contributed by atoms with E-state index in [9.17, 15) is 14.4 Å². The van der Waals surface area contributed by atoms with Crippen LogP contribution in [0.3, 0.4) is 0 Å². The van der Waals surface area contributed by atoms with Gasteiger partial charge in [0, 0.05) is 0 Å². The minimum Gasteiger partial charge on any atom is -0.493 e. The minimum atomic E-state index is -0.800. The Kier molecular flexibility index (Phi) is 7.92. The summed E-state index contributed by atoms with van der Waals surface area (Å²) in [6.45, 7) is 3.88. The molecule has 4 amide bonds. The van der Waals surface area contributed by atoms with Crippen LogP contribution in [0.4, 0.5) is 10.5 Å². The SMILES string of the molecule is COc1cc(/C=C2\C(=O)NC(=O)N(c3cccc(C)c3C)C2=O)cc(Br)c1OCc1ccc(Cl)c(Cl)c1. The molecule has 0 radical (unpaired) electrons. The molecule has 0 bridgehead atoms. The van der Waals surface area contributed by atoms with Crippen molar-refractivity contribution >= 4 is 68.7 Å². The van der Waals surface area contributed by atoms with E-state index in [-0.39, 0.29) is 12.2 Å². The van der Waals surface area contributed by atoms with Crippen molar-refractivity contribution in [3.05, 3.63) is 90.9 Å². The van der Waals surface area contributed by atoms with Gasteiger partial charge in [-0.15, -0.1) is 0 Å². The molecule has 190 valence electrons. The zero-order valence-corrected chi connectivity index (χ0v) is 23.1. The fraction of sp³-hybridized carbons (Fsp3) is 0.148. The van der Waals surface area contributed by atoms with Crippen molar-refractivity contribution < 1.29 is 23.9 Å². The van der Waals surface area contributed by atoms with Crippen molar-refractivity contribution in [1.82, 2.24) is 5.32 Å². The molecule has 10 heteroatoms. The molecular weight excluding hydrogens is 583 g/mol. The summed E-state index contributed by atoms with van der Waals surface area (Å²) >= 11 is 15.5. The highest BCUT2D eigenvalue weighted by Crippen LogP contribution is 2.38. The molecule has 0 aliphatic carbocycles. The van der Waals surface area contributed by atoms with Crippen LogP contribution in [0.2, 0.25) is 10.0 Å². The molecule has 1 saturated heterocycles. The van der Waals surface area contributed by atoms with Gasteiger partial charge >= 0.3 is 6.03 Å². The molecule has 1 heterocycles. The molecule has 0 saturated carbocycles. The van der Waals surface area contributed by atoms with Gasteiger partial charge in [0.15, 0.2) is 11.5 Å². The van der Waals surface area contributed by atoms with E-state index in [1.807, 2.05) is 19.9 Å². The molecule has 0 unspecified atom stereocenters. The summed E-state index contributed by atoms with van der Waals surface area (Å²) in [5.74, 6) is -0.723. The van der Waals surface area contributed by atoms with Gasteiger partial charge in [0.1, 0.15) is 12.2 Å². The van der Waals surface area contributed by atoms with E-state index >= 15 is 0 Å². The molecule has 3 aromatic rings. The van der Waals surface area contributed by atoms with Crippen LogP contribution < -0.4 is 19.7 Å². The lowest BCUT2D eigenvalue weighted by Crippen LogP contribution is -2.54. The van der Waals surface area contributed by atoms with E-state index in [0.717, 1.165) is 21.6 Å². The first-order chi connectivity index (χ1) is 17.6. The number of nitrogens with one attached hydrogen (secondary N) is 1. The largest absolute Gasteiger partial charge is 0.493 e. The third kappa shape index (κ3) is 5.51. The Labute approximate surface area is 232 Å². The first kappa shape index (κ1) is 26.7. The molecule has 7 nitrogen and oxygen atoms in total. The first-order valence-corrected chi connectivity index (χ1v) is 12.6. The Balaban J connectivity index is 1.65. The Bertz CT molecular complexity index is 1470. The van der Waals surface area contributed by atoms with Gasteiger partial charge in [-0.1, -0.05) is 41.4 Å². The molecule has 0 spiro atoms. The van der Waals surface area contributed by atoms with E-state index in [0.29, 0.717) is 37.3 Å². The van der Waals surface area contributed by atoms with Crippen LogP contribution in [0.25, 0.3) is 6.08 Å². The summed E-state index contributed by atoms with van der Waals surface area (Å²) in [5.41, 5.74) is 3.16. The highest BCUT2D eigenvalue weighted by atomic mass is 79.9. The third-order valence-electron chi connectivity index (χ3n) is 5.85. The molecule has 3 aromatic carbocycles. The van der Waals surface area contributed by atoms with E-state index in [2.05, 4.69) is 21.2 Å². The van der Waals surface area contributed by atoms with Gasteiger partial charge in [-0.3, -0.25) is 14.9 Å². The molecule has 4 rings (SSSR count). The van der Waals surface area contributed by atoms with Gasteiger partial charge in [-0.25, -0.2) is 9.69 Å². The predicted octanol–water partition coefficient (Wildman–Crippen LogP) is 6.63. The average molecular weight is 604 g/mol. The van der Waals surface area contributed by atoms with Gasteiger partial charge in [-0.05, 0) is 88.4 Å². The van der Waals surface area contributed by atoms with Gasteiger partial charge in [-0.2, -0.15) is 0 Å². The van der Waals surface area contributed by atoms with Crippen LogP contribution in [0.1, 0.15) is 22.3 Å². The second-order valence-corrected chi connectivity index (χ2v) is 9.92. The summed E-state index contributed by atoms with van der Waals surface area (Å²) in [7, 11) is 1.48. The van der Waals surface area contributed by atoms with E-state index in [4.69, 9.17) is 32.7 Å². The number of rotatable bonds is 6. The smallest absolute Gasteiger partial charge is 0.335 e. The van der Waals surface area contributed by atoms with Crippen molar-refractivity contribution in [2.45, 2.75) is 20.5 Å². The zero-order valence-electron chi connectivity index (χ0n) is 20.0. The summed E-state index contributed by atoms with van der Waals surface area (Å²) in [4.78, 5) is 39.5. The Morgan fingerprint density at radius 2 is 1.78 bits per heavy atom. The number of hydrogen-bond acceptors (Lipinski definition) is 5. The minimum absolute atomic E-state index is 0.195. The monoisotopic (exact) mass is 602 g/mol. The van der Waals surface area contributed by atoms with Crippen molar-refractivity contribution in [1.29, 1.82) is 0 Å². The predicted molar refractivity (Wildman–Crippen MR) is 146 cm³/mol. The highest BCUT2D eigenvalue weighted by Gasteiger charge is 2.37. The normalized spacial score (nSPS) is 14.7. The van der Waals surface area contributed by atoms with Crippen LogP contribution in [-0.4, -0.2) is 25.0 Å². The number of benzene rings is 3. The van der Waals surface area contributed by atoms with Crippen LogP contribution in [-0.2, 0) is 16.2 Å². The van der Waals surface area contributed by atoms with E-state index in [1.165, 1.54) is 13.2 Å². The maximum atomic E-state index is 13.3. The lowest BCUT2D eigenvalue weighted by Gasteiger charge is -2.28. The summed E-state index contributed by atoms with van der Waals surface area (Å²) in [5, 5.41) is 3.11. The zero-order chi connectivity index (χ0) is 26.9. The number of ether oxygens (including phenoxy) is 2. The van der Waals surface area contributed by atoms with E-state index < -0.39 is 17.8 Å². The Morgan fingerprint density at radius 1 is 1.03 bits per heavy atom. The molecule has 1 N–H and O–H groups in total. The van der Waals surface area contributed by atoms with Gasteiger partial charge in [0.05, 0.1) is 27.3 Å². The number of anilines is 1. The van der Waals surface area contributed by atoms with E-state index in [1.54, 1.807) is 42.5 Å². The number of carbonyl (C=O) groups is 3. The molecule has 0 aromatic heterocycles. The number of barbiturate groups is 1. The number of urea groups is 1. The quantitative estimate of drug-likeness (QED) is 0.253. The van der Waals surface area contributed by atoms with Crippen LogP contribution in [0, 0.1) is 13.8 Å². The summed E-state index contributed by atoms with van der Waals surface area (Å²) in [6.07, 6.45) is 1.40. The van der Waals surface area contributed by atoms with Crippen molar-refractivity contribution in [2.75, 3.05) is 12.0 Å². The first-order valence-electron chi connectivity index (χ1n) is 11.0. The summed E-state index contributed by atoms with van der Waals surface area (Å²) < 4.78 is 12.0. The van der Waals surface area contributed by atoms with Gasteiger partial charge in [0.25, 0.3) is 11.8 Å². The average Bonchev–Trinajstić information content (AvgIpc) is 2.85. The highest BCUT2D eigenvalue weighted by molar-refractivity contribution is 9.10. The van der Waals surface area contributed by atoms with Crippen molar-refractivity contribution in [3.8, 4) is 11.5 Å². The number of carbonyl (C=O) groups excluding carboxylic acids is 3.